The number of aliphatic imine (C=N–C) groups is 1. The predicted octanol–water partition coefficient (Wildman–Crippen LogP) is 2.49. The number of ether oxygens (including phenoxy) is 1. The van der Waals surface area contributed by atoms with Crippen LogP contribution in [0.25, 0.3) is 0 Å². The molecule has 0 unspecified atom stereocenters. The molecule has 1 heterocycles. The highest BCUT2D eigenvalue weighted by Crippen LogP contribution is 2.17. The first-order valence-electron chi connectivity index (χ1n) is 4.97. The molecule has 0 fully saturated rings. The maximum absolute atomic E-state index is 5.08. The summed E-state index contributed by atoms with van der Waals surface area (Å²) in [4.78, 5) is 8.44. The van der Waals surface area contributed by atoms with Crippen molar-refractivity contribution in [2.45, 2.75) is 6.92 Å². The first-order valence-corrected chi connectivity index (χ1v) is 4.97. The molecule has 0 atom stereocenters. The summed E-state index contributed by atoms with van der Waals surface area (Å²) >= 11 is 0. The van der Waals surface area contributed by atoms with E-state index in [1.807, 2.05) is 42.0 Å². The Morgan fingerprint density at radius 1 is 1.31 bits per heavy atom. The summed E-state index contributed by atoms with van der Waals surface area (Å²) in [5, 5.41) is 0. The molecule has 0 bridgehead atoms. The van der Waals surface area contributed by atoms with Gasteiger partial charge in [-0.3, -0.25) is 4.57 Å². The number of nitrogens with zero attached hydrogens (tertiary/aromatic N) is 3. The summed E-state index contributed by atoms with van der Waals surface area (Å²) in [6.07, 6.45) is 5.32. The van der Waals surface area contributed by atoms with Crippen LogP contribution in [0.1, 0.15) is 6.92 Å². The van der Waals surface area contributed by atoms with E-state index in [2.05, 4.69) is 9.98 Å². The highest BCUT2D eigenvalue weighted by molar-refractivity contribution is 5.84. The second-order valence-corrected chi connectivity index (χ2v) is 3.33. The van der Waals surface area contributed by atoms with Gasteiger partial charge in [0, 0.05) is 12.4 Å². The van der Waals surface area contributed by atoms with Gasteiger partial charge in [0.25, 0.3) is 0 Å². The normalized spacial score (nSPS) is 11.5. The Hall–Kier alpha value is -2.10. The maximum atomic E-state index is 5.08. The molecule has 2 aromatic rings. The molecule has 4 heteroatoms. The monoisotopic (exact) mass is 215 g/mol. The Balaban J connectivity index is 2.22. The van der Waals surface area contributed by atoms with Crippen LogP contribution in [0.5, 0.6) is 5.75 Å². The van der Waals surface area contributed by atoms with Gasteiger partial charge in [-0.1, -0.05) is 0 Å². The number of benzene rings is 1. The first-order chi connectivity index (χ1) is 7.79. The van der Waals surface area contributed by atoms with Crippen LogP contribution in [0, 0.1) is 0 Å². The molecular formula is C12H13N3O. The van der Waals surface area contributed by atoms with Crippen molar-refractivity contribution in [1.82, 2.24) is 9.55 Å². The molecule has 0 aliphatic carbocycles. The van der Waals surface area contributed by atoms with E-state index in [0.29, 0.717) is 0 Å². The van der Waals surface area contributed by atoms with Gasteiger partial charge in [-0.2, -0.15) is 0 Å². The molecule has 0 amide bonds. The molecule has 16 heavy (non-hydrogen) atoms. The third-order valence-electron chi connectivity index (χ3n) is 2.24. The lowest BCUT2D eigenvalue weighted by atomic mass is 10.3. The summed E-state index contributed by atoms with van der Waals surface area (Å²) in [7, 11) is 1.65. The quantitative estimate of drug-likeness (QED) is 0.570. The van der Waals surface area contributed by atoms with Crippen LogP contribution in [0.3, 0.4) is 0 Å². The first kappa shape index (κ1) is 10.4. The van der Waals surface area contributed by atoms with Crippen LogP contribution >= 0.6 is 0 Å². The van der Waals surface area contributed by atoms with E-state index in [1.54, 1.807) is 19.6 Å². The van der Waals surface area contributed by atoms with E-state index in [4.69, 9.17) is 4.74 Å². The van der Waals surface area contributed by atoms with Gasteiger partial charge in [0.1, 0.15) is 17.9 Å². The third-order valence-corrected chi connectivity index (χ3v) is 2.24. The van der Waals surface area contributed by atoms with E-state index in [9.17, 15) is 0 Å². The largest absolute Gasteiger partial charge is 0.497 e. The summed E-state index contributed by atoms with van der Waals surface area (Å²) in [6.45, 7) is 1.94. The lowest BCUT2D eigenvalue weighted by Gasteiger charge is -2.02. The van der Waals surface area contributed by atoms with Gasteiger partial charge in [0.15, 0.2) is 0 Å². The van der Waals surface area contributed by atoms with Gasteiger partial charge >= 0.3 is 0 Å². The highest BCUT2D eigenvalue weighted by Gasteiger charge is 1.96. The van der Waals surface area contributed by atoms with Gasteiger partial charge < -0.3 is 4.74 Å². The fourth-order valence-electron chi connectivity index (χ4n) is 1.35. The lowest BCUT2D eigenvalue weighted by Crippen LogP contribution is -2.03. The average molecular weight is 215 g/mol. The molecular weight excluding hydrogens is 202 g/mol. The van der Waals surface area contributed by atoms with E-state index in [1.165, 1.54) is 0 Å². The van der Waals surface area contributed by atoms with Gasteiger partial charge in [-0.25, -0.2) is 9.98 Å². The zero-order chi connectivity index (χ0) is 11.4. The van der Waals surface area contributed by atoms with E-state index >= 15 is 0 Å². The second-order valence-electron chi connectivity index (χ2n) is 3.33. The molecule has 4 nitrogen and oxygen atoms in total. The number of aromatic nitrogens is 2. The molecule has 2 rings (SSSR count). The number of methoxy groups -OCH3 is 1. The summed E-state index contributed by atoms with van der Waals surface area (Å²) < 4.78 is 6.95. The Morgan fingerprint density at radius 3 is 2.62 bits per heavy atom. The summed E-state index contributed by atoms with van der Waals surface area (Å²) in [5.74, 6) is 1.71. The number of hydrogen-bond donors (Lipinski definition) is 0. The number of imidazole rings is 1. The topological polar surface area (TPSA) is 39.4 Å². The Labute approximate surface area is 94.2 Å². The molecule has 1 aromatic carbocycles. The van der Waals surface area contributed by atoms with Gasteiger partial charge in [0.05, 0.1) is 12.8 Å². The minimum Gasteiger partial charge on any atom is -0.497 e. The van der Waals surface area contributed by atoms with Gasteiger partial charge in [0.2, 0.25) is 0 Å². The van der Waals surface area contributed by atoms with E-state index in [0.717, 1.165) is 17.3 Å². The minimum atomic E-state index is 0.833. The van der Waals surface area contributed by atoms with Gasteiger partial charge in [-0.05, 0) is 31.2 Å². The number of hydrogen-bond acceptors (Lipinski definition) is 3. The second kappa shape index (κ2) is 4.61. The molecule has 0 aliphatic rings. The zero-order valence-electron chi connectivity index (χ0n) is 9.29. The Bertz CT molecular complexity index is 471. The third kappa shape index (κ3) is 2.28. The van der Waals surface area contributed by atoms with Crippen molar-refractivity contribution >= 4 is 11.5 Å². The van der Waals surface area contributed by atoms with Crippen molar-refractivity contribution in [3.63, 3.8) is 0 Å². The van der Waals surface area contributed by atoms with E-state index in [-0.39, 0.29) is 0 Å². The average Bonchev–Trinajstić information content (AvgIpc) is 2.83. The van der Waals surface area contributed by atoms with Crippen molar-refractivity contribution in [2.75, 3.05) is 7.11 Å². The fourth-order valence-corrected chi connectivity index (χ4v) is 1.35. The minimum absolute atomic E-state index is 0.833. The SMILES string of the molecule is COc1ccc(/N=C(\C)n2ccnc2)cc1. The molecule has 0 saturated heterocycles. The van der Waals surface area contributed by atoms with Crippen LogP contribution in [0.2, 0.25) is 0 Å². The number of rotatable bonds is 2. The van der Waals surface area contributed by atoms with Crippen LogP contribution in [0.4, 0.5) is 5.69 Å². The summed E-state index contributed by atoms with van der Waals surface area (Å²) in [6, 6.07) is 7.61. The van der Waals surface area contributed by atoms with Crippen LogP contribution < -0.4 is 4.74 Å². The van der Waals surface area contributed by atoms with Crippen molar-refractivity contribution in [2.24, 2.45) is 4.99 Å². The van der Waals surface area contributed by atoms with Gasteiger partial charge in [-0.15, -0.1) is 0 Å². The molecule has 0 radical (unpaired) electrons. The standard InChI is InChI=1S/C12H13N3O/c1-10(15-8-7-13-9-15)14-11-3-5-12(16-2)6-4-11/h3-9H,1-2H3/b14-10+. The molecule has 0 spiro atoms. The predicted molar refractivity (Wildman–Crippen MR) is 63.4 cm³/mol. The van der Waals surface area contributed by atoms with E-state index < -0.39 is 0 Å². The molecule has 82 valence electrons. The maximum Gasteiger partial charge on any atom is 0.119 e. The van der Waals surface area contributed by atoms with Crippen molar-refractivity contribution in [1.29, 1.82) is 0 Å². The van der Waals surface area contributed by atoms with Crippen LogP contribution in [-0.2, 0) is 0 Å². The lowest BCUT2D eigenvalue weighted by molar-refractivity contribution is 0.415. The molecule has 1 aromatic heterocycles. The summed E-state index contributed by atoms with van der Waals surface area (Å²) in [5.41, 5.74) is 0.895. The van der Waals surface area contributed by atoms with Crippen molar-refractivity contribution in [3.05, 3.63) is 43.0 Å². The van der Waals surface area contributed by atoms with Crippen molar-refractivity contribution < 1.29 is 4.74 Å². The zero-order valence-corrected chi connectivity index (χ0v) is 9.29. The Kier molecular flexibility index (Phi) is 3.00. The smallest absolute Gasteiger partial charge is 0.119 e. The Morgan fingerprint density at radius 2 is 2.06 bits per heavy atom. The van der Waals surface area contributed by atoms with Crippen LogP contribution in [0.15, 0.2) is 48.0 Å². The fraction of sp³-hybridized carbons (Fsp3) is 0.167. The van der Waals surface area contributed by atoms with Crippen molar-refractivity contribution in [3.8, 4) is 5.75 Å². The van der Waals surface area contributed by atoms with Crippen LogP contribution in [-0.4, -0.2) is 22.5 Å². The molecule has 0 aliphatic heterocycles. The molecule has 0 N–H and O–H groups in total. The highest BCUT2D eigenvalue weighted by atomic mass is 16.5. The molecule has 0 saturated carbocycles.